The van der Waals surface area contributed by atoms with Gasteiger partial charge in [-0.3, -0.25) is 4.79 Å². The zero-order chi connectivity index (χ0) is 13.0. The summed E-state index contributed by atoms with van der Waals surface area (Å²) >= 11 is 0. The molecule has 1 heterocycles. The summed E-state index contributed by atoms with van der Waals surface area (Å²) in [5, 5.41) is 12.2. The number of aromatic amines is 1. The lowest BCUT2D eigenvalue weighted by Crippen LogP contribution is -2.15. The number of hydrogen-bond donors (Lipinski definition) is 3. The first-order valence-corrected chi connectivity index (χ1v) is 5.41. The molecular weight excluding hydrogens is 234 g/mol. The SMILES string of the molecule is CCOc1ccccc1NC(=O)c1n[nH]nc1N. The van der Waals surface area contributed by atoms with E-state index in [0.717, 1.165) is 0 Å². The molecule has 1 amide bonds. The number of carbonyl (C=O) groups is 1. The second-order valence-corrected chi connectivity index (χ2v) is 3.44. The molecule has 4 N–H and O–H groups in total. The summed E-state index contributed by atoms with van der Waals surface area (Å²) in [7, 11) is 0. The average Bonchev–Trinajstić information content (AvgIpc) is 2.78. The molecule has 0 aliphatic heterocycles. The van der Waals surface area contributed by atoms with Crippen molar-refractivity contribution in [2.24, 2.45) is 0 Å². The van der Waals surface area contributed by atoms with Crippen LogP contribution < -0.4 is 15.8 Å². The largest absolute Gasteiger partial charge is 0.492 e. The van der Waals surface area contributed by atoms with E-state index >= 15 is 0 Å². The fraction of sp³-hybridized carbons (Fsp3) is 0.182. The van der Waals surface area contributed by atoms with Crippen molar-refractivity contribution in [1.82, 2.24) is 15.4 Å². The number of hydrogen-bond acceptors (Lipinski definition) is 5. The number of rotatable bonds is 4. The molecule has 0 saturated carbocycles. The van der Waals surface area contributed by atoms with Crippen LogP contribution in [0.4, 0.5) is 11.5 Å². The van der Waals surface area contributed by atoms with Crippen LogP contribution in [-0.4, -0.2) is 27.9 Å². The van der Waals surface area contributed by atoms with Crippen molar-refractivity contribution in [3.63, 3.8) is 0 Å². The Morgan fingerprint density at radius 1 is 1.44 bits per heavy atom. The minimum absolute atomic E-state index is 0.0568. The van der Waals surface area contributed by atoms with E-state index in [9.17, 15) is 4.79 Å². The molecule has 0 fully saturated rings. The molecule has 0 unspecified atom stereocenters. The first-order chi connectivity index (χ1) is 8.72. The van der Waals surface area contributed by atoms with Crippen molar-refractivity contribution in [2.45, 2.75) is 6.92 Å². The van der Waals surface area contributed by atoms with Gasteiger partial charge in [0, 0.05) is 0 Å². The molecule has 18 heavy (non-hydrogen) atoms. The maximum atomic E-state index is 11.9. The number of benzene rings is 1. The Kier molecular flexibility index (Phi) is 3.42. The van der Waals surface area contributed by atoms with Crippen molar-refractivity contribution in [2.75, 3.05) is 17.7 Å². The minimum atomic E-state index is -0.437. The Morgan fingerprint density at radius 3 is 2.89 bits per heavy atom. The van der Waals surface area contributed by atoms with Crippen LogP contribution in [0.5, 0.6) is 5.75 Å². The Bertz CT molecular complexity index is 552. The summed E-state index contributed by atoms with van der Waals surface area (Å²) in [4.78, 5) is 11.9. The second-order valence-electron chi connectivity index (χ2n) is 3.44. The van der Waals surface area contributed by atoms with Gasteiger partial charge >= 0.3 is 0 Å². The van der Waals surface area contributed by atoms with Crippen molar-refractivity contribution in [3.8, 4) is 5.75 Å². The van der Waals surface area contributed by atoms with Crippen molar-refractivity contribution in [3.05, 3.63) is 30.0 Å². The van der Waals surface area contributed by atoms with Crippen LogP contribution in [0, 0.1) is 0 Å². The number of carbonyl (C=O) groups excluding carboxylic acids is 1. The van der Waals surface area contributed by atoms with Crippen LogP contribution in [0.15, 0.2) is 24.3 Å². The molecule has 0 aliphatic carbocycles. The highest BCUT2D eigenvalue weighted by molar-refractivity contribution is 6.06. The normalized spacial score (nSPS) is 10.1. The lowest BCUT2D eigenvalue weighted by Gasteiger charge is -2.10. The summed E-state index contributed by atoms with van der Waals surface area (Å²) in [5.41, 5.74) is 6.11. The van der Waals surface area contributed by atoms with E-state index in [2.05, 4.69) is 20.7 Å². The molecule has 0 spiro atoms. The number of amides is 1. The summed E-state index contributed by atoms with van der Waals surface area (Å²) in [6, 6.07) is 7.12. The summed E-state index contributed by atoms with van der Waals surface area (Å²) in [5.74, 6) is 0.213. The maximum Gasteiger partial charge on any atom is 0.280 e. The molecule has 0 saturated heterocycles. The summed E-state index contributed by atoms with van der Waals surface area (Å²) in [6.45, 7) is 2.38. The number of nitrogen functional groups attached to an aromatic ring is 1. The Balaban J connectivity index is 2.19. The van der Waals surface area contributed by atoms with Crippen LogP contribution in [0.3, 0.4) is 0 Å². The zero-order valence-corrected chi connectivity index (χ0v) is 9.80. The molecule has 2 aromatic rings. The van der Waals surface area contributed by atoms with Gasteiger partial charge < -0.3 is 15.8 Å². The molecular formula is C11H13N5O2. The first-order valence-electron chi connectivity index (χ1n) is 5.41. The molecule has 1 aromatic heterocycles. The van der Waals surface area contributed by atoms with Crippen LogP contribution >= 0.6 is 0 Å². The Labute approximate surface area is 103 Å². The number of para-hydroxylation sites is 2. The van der Waals surface area contributed by atoms with Crippen LogP contribution in [0.2, 0.25) is 0 Å². The van der Waals surface area contributed by atoms with Crippen LogP contribution in [-0.2, 0) is 0 Å². The summed E-state index contributed by atoms with van der Waals surface area (Å²) in [6.07, 6.45) is 0. The van der Waals surface area contributed by atoms with Gasteiger partial charge in [-0.2, -0.15) is 5.21 Å². The van der Waals surface area contributed by atoms with Crippen molar-refractivity contribution >= 4 is 17.4 Å². The molecule has 7 nitrogen and oxygen atoms in total. The molecule has 0 bridgehead atoms. The van der Waals surface area contributed by atoms with Crippen molar-refractivity contribution in [1.29, 1.82) is 0 Å². The van der Waals surface area contributed by atoms with Gasteiger partial charge in [-0.25, -0.2) is 0 Å². The third kappa shape index (κ3) is 2.40. The van der Waals surface area contributed by atoms with E-state index in [1.54, 1.807) is 18.2 Å². The molecule has 2 rings (SSSR count). The Hall–Kier alpha value is -2.57. The van der Waals surface area contributed by atoms with Gasteiger partial charge in [0.15, 0.2) is 11.5 Å². The Morgan fingerprint density at radius 2 is 2.22 bits per heavy atom. The third-order valence-electron chi connectivity index (χ3n) is 2.23. The number of nitrogens with two attached hydrogens (primary N) is 1. The predicted octanol–water partition coefficient (Wildman–Crippen LogP) is 1.04. The van der Waals surface area contributed by atoms with Gasteiger partial charge in [-0.05, 0) is 19.1 Å². The fourth-order valence-electron chi connectivity index (χ4n) is 1.44. The quantitative estimate of drug-likeness (QED) is 0.748. The third-order valence-corrected chi connectivity index (χ3v) is 2.23. The highest BCUT2D eigenvalue weighted by Crippen LogP contribution is 2.24. The lowest BCUT2D eigenvalue weighted by atomic mass is 10.3. The predicted molar refractivity (Wildman–Crippen MR) is 66.4 cm³/mol. The molecule has 1 aromatic carbocycles. The summed E-state index contributed by atoms with van der Waals surface area (Å²) < 4.78 is 5.40. The van der Waals surface area contributed by atoms with Gasteiger partial charge in [-0.15, -0.1) is 10.2 Å². The topological polar surface area (TPSA) is 106 Å². The molecule has 94 valence electrons. The van der Waals surface area contributed by atoms with E-state index < -0.39 is 5.91 Å². The van der Waals surface area contributed by atoms with Crippen LogP contribution in [0.25, 0.3) is 0 Å². The van der Waals surface area contributed by atoms with E-state index in [4.69, 9.17) is 10.5 Å². The maximum absolute atomic E-state index is 11.9. The number of H-pyrrole nitrogens is 1. The highest BCUT2D eigenvalue weighted by Gasteiger charge is 2.15. The second kappa shape index (κ2) is 5.17. The highest BCUT2D eigenvalue weighted by atomic mass is 16.5. The van der Waals surface area contributed by atoms with E-state index in [-0.39, 0.29) is 11.5 Å². The number of ether oxygens (including phenoxy) is 1. The molecule has 0 radical (unpaired) electrons. The standard InChI is InChI=1S/C11H13N5O2/c1-2-18-8-6-4-3-5-7(8)13-11(17)9-10(12)15-16-14-9/h3-6H,2H2,1H3,(H,13,17)(H3,12,14,15,16). The number of anilines is 2. The van der Waals surface area contributed by atoms with Gasteiger partial charge in [0.25, 0.3) is 5.91 Å². The van der Waals surface area contributed by atoms with Gasteiger partial charge in [0.1, 0.15) is 5.75 Å². The monoisotopic (exact) mass is 247 g/mol. The van der Waals surface area contributed by atoms with Gasteiger partial charge in [0.2, 0.25) is 0 Å². The van der Waals surface area contributed by atoms with Gasteiger partial charge in [-0.1, -0.05) is 12.1 Å². The molecule has 7 heteroatoms. The number of aromatic nitrogens is 3. The lowest BCUT2D eigenvalue weighted by molar-refractivity contribution is 0.102. The average molecular weight is 247 g/mol. The van der Waals surface area contributed by atoms with Crippen molar-refractivity contribution < 1.29 is 9.53 Å². The smallest absolute Gasteiger partial charge is 0.280 e. The van der Waals surface area contributed by atoms with Gasteiger partial charge in [0.05, 0.1) is 12.3 Å². The van der Waals surface area contributed by atoms with E-state index in [0.29, 0.717) is 18.0 Å². The molecule has 0 aliphatic rings. The zero-order valence-electron chi connectivity index (χ0n) is 9.80. The molecule has 0 atom stereocenters. The van der Waals surface area contributed by atoms with Crippen LogP contribution in [0.1, 0.15) is 17.4 Å². The first kappa shape index (κ1) is 11.9. The van der Waals surface area contributed by atoms with E-state index in [1.165, 1.54) is 0 Å². The fourth-order valence-corrected chi connectivity index (χ4v) is 1.44. The number of nitrogens with zero attached hydrogens (tertiary/aromatic N) is 2. The van der Waals surface area contributed by atoms with E-state index in [1.807, 2.05) is 13.0 Å². The minimum Gasteiger partial charge on any atom is -0.492 e. The number of nitrogens with one attached hydrogen (secondary N) is 2.